The molecule has 0 spiro atoms. The number of amides is 1. The van der Waals surface area contributed by atoms with Crippen LogP contribution in [0.25, 0.3) is 0 Å². The molecule has 1 fully saturated rings. The number of benzene rings is 1. The minimum atomic E-state index is -0.0688. The molecule has 2 heterocycles. The standard InChI is InChI=1S/C24H34N6O.HI/c1-3-25-24(26-15-14-23(31)29-22-13-9-10-19(2)28-22)27-18-21(30-16-7-8-17-30)20-11-5-4-6-12-20;/h4-6,9-13,21H,3,7-8,14-18H2,1-2H3,(H2,25,26,27)(H,28,29,31);1H. The Labute approximate surface area is 208 Å². The molecule has 1 saturated heterocycles. The number of nitrogens with zero attached hydrogens (tertiary/aromatic N) is 3. The van der Waals surface area contributed by atoms with Crippen molar-refractivity contribution in [3.8, 4) is 0 Å². The maximum absolute atomic E-state index is 12.2. The topological polar surface area (TPSA) is 81.7 Å². The quantitative estimate of drug-likeness (QED) is 0.252. The van der Waals surface area contributed by atoms with E-state index in [2.05, 4.69) is 56.2 Å². The largest absolute Gasteiger partial charge is 0.357 e. The van der Waals surface area contributed by atoms with Crippen LogP contribution in [0, 0.1) is 6.92 Å². The van der Waals surface area contributed by atoms with Gasteiger partial charge in [0.05, 0.1) is 12.6 Å². The van der Waals surface area contributed by atoms with Crippen molar-refractivity contribution in [3.05, 3.63) is 59.8 Å². The fraction of sp³-hybridized carbons (Fsp3) is 0.458. The van der Waals surface area contributed by atoms with Gasteiger partial charge in [-0.3, -0.25) is 14.7 Å². The summed E-state index contributed by atoms with van der Waals surface area (Å²) in [4.78, 5) is 23.9. The molecule has 1 aliphatic heterocycles. The predicted octanol–water partition coefficient (Wildman–Crippen LogP) is 3.73. The second-order valence-electron chi connectivity index (χ2n) is 7.78. The van der Waals surface area contributed by atoms with Gasteiger partial charge in [-0.25, -0.2) is 4.98 Å². The summed E-state index contributed by atoms with van der Waals surface area (Å²) >= 11 is 0. The van der Waals surface area contributed by atoms with Crippen LogP contribution < -0.4 is 16.0 Å². The molecule has 1 aromatic carbocycles. The Balaban J connectivity index is 0.00000363. The van der Waals surface area contributed by atoms with Crippen molar-refractivity contribution in [3.63, 3.8) is 0 Å². The molecule has 2 aromatic rings. The lowest BCUT2D eigenvalue weighted by molar-refractivity contribution is -0.116. The van der Waals surface area contributed by atoms with Crippen molar-refractivity contribution >= 4 is 41.7 Å². The summed E-state index contributed by atoms with van der Waals surface area (Å²) < 4.78 is 0. The average molecular weight is 550 g/mol. The molecule has 7 nitrogen and oxygen atoms in total. The number of pyridine rings is 1. The van der Waals surface area contributed by atoms with Crippen LogP contribution in [-0.2, 0) is 4.79 Å². The highest BCUT2D eigenvalue weighted by molar-refractivity contribution is 14.0. The zero-order valence-corrected chi connectivity index (χ0v) is 21.3. The number of aliphatic imine (C=N–C) groups is 1. The molecular weight excluding hydrogens is 515 g/mol. The minimum absolute atomic E-state index is 0. The first-order chi connectivity index (χ1) is 15.2. The first-order valence-corrected chi connectivity index (χ1v) is 11.2. The number of likely N-dealkylation sites (tertiary alicyclic amines) is 1. The number of hydrogen-bond acceptors (Lipinski definition) is 4. The summed E-state index contributed by atoms with van der Waals surface area (Å²) in [5.41, 5.74) is 2.18. The number of rotatable bonds is 9. The molecule has 32 heavy (non-hydrogen) atoms. The van der Waals surface area contributed by atoms with Gasteiger partial charge in [-0.2, -0.15) is 0 Å². The predicted molar refractivity (Wildman–Crippen MR) is 142 cm³/mol. The highest BCUT2D eigenvalue weighted by Gasteiger charge is 2.23. The Morgan fingerprint density at radius 2 is 1.84 bits per heavy atom. The maximum Gasteiger partial charge on any atom is 0.227 e. The number of carbonyl (C=O) groups is 1. The zero-order chi connectivity index (χ0) is 21.9. The van der Waals surface area contributed by atoms with Crippen LogP contribution in [0.1, 0.15) is 43.5 Å². The molecule has 1 atom stereocenters. The van der Waals surface area contributed by atoms with Crippen LogP contribution in [0.4, 0.5) is 5.82 Å². The second kappa shape index (κ2) is 14.1. The number of hydrogen-bond donors (Lipinski definition) is 3. The van der Waals surface area contributed by atoms with Crippen molar-refractivity contribution in [2.24, 2.45) is 4.99 Å². The number of halogens is 1. The van der Waals surface area contributed by atoms with Gasteiger partial charge < -0.3 is 16.0 Å². The van der Waals surface area contributed by atoms with Gasteiger partial charge in [0.15, 0.2) is 5.96 Å². The summed E-state index contributed by atoms with van der Waals surface area (Å²) in [6, 6.07) is 16.5. The van der Waals surface area contributed by atoms with E-state index in [-0.39, 0.29) is 35.9 Å². The molecule has 0 saturated carbocycles. The summed E-state index contributed by atoms with van der Waals surface area (Å²) in [5, 5.41) is 9.41. The number of guanidine groups is 1. The molecule has 1 aliphatic rings. The summed E-state index contributed by atoms with van der Waals surface area (Å²) in [7, 11) is 0. The van der Waals surface area contributed by atoms with Gasteiger partial charge in [0.1, 0.15) is 5.82 Å². The number of aryl methyl sites for hydroxylation is 1. The number of carbonyl (C=O) groups excluding carboxylic acids is 1. The summed E-state index contributed by atoms with van der Waals surface area (Å²) in [6.45, 7) is 8.13. The van der Waals surface area contributed by atoms with Gasteiger partial charge >= 0.3 is 0 Å². The third-order valence-corrected chi connectivity index (χ3v) is 5.33. The van der Waals surface area contributed by atoms with E-state index in [1.165, 1.54) is 18.4 Å². The molecule has 1 amide bonds. The summed E-state index contributed by atoms with van der Waals surface area (Å²) in [6.07, 6.45) is 2.83. The molecule has 0 bridgehead atoms. The van der Waals surface area contributed by atoms with Crippen LogP contribution in [0.15, 0.2) is 53.5 Å². The minimum Gasteiger partial charge on any atom is -0.357 e. The number of aromatic nitrogens is 1. The van der Waals surface area contributed by atoms with Gasteiger partial charge in [-0.15, -0.1) is 24.0 Å². The molecule has 3 rings (SSSR count). The zero-order valence-electron chi connectivity index (χ0n) is 19.0. The van der Waals surface area contributed by atoms with E-state index in [4.69, 9.17) is 4.99 Å². The van der Waals surface area contributed by atoms with Crippen LogP contribution in [-0.4, -0.2) is 54.5 Å². The van der Waals surface area contributed by atoms with Gasteiger partial charge in [0.25, 0.3) is 0 Å². The van der Waals surface area contributed by atoms with Crippen molar-refractivity contribution < 1.29 is 4.79 Å². The average Bonchev–Trinajstić information content (AvgIpc) is 3.29. The number of nitrogens with one attached hydrogen (secondary N) is 3. The van der Waals surface area contributed by atoms with Crippen molar-refractivity contribution in [1.82, 2.24) is 20.5 Å². The van der Waals surface area contributed by atoms with Crippen LogP contribution in [0.2, 0.25) is 0 Å². The fourth-order valence-electron chi connectivity index (χ4n) is 3.79. The maximum atomic E-state index is 12.2. The Hall–Kier alpha value is -2.20. The van der Waals surface area contributed by atoms with Gasteiger partial charge in [-0.05, 0) is 57.5 Å². The van der Waals surface area contributed by atoms with E-state index in [1.54, 1.807) is 6.07 Å². The van der Waals surface area contributed by atoms with Gasteiger partial charge in [0, 0.05) is 25.2 Å². The molecule has 3 N–H and O–H groups in total. The lowest BCUT2D eigenvalue weighted by Gasteiger charge is -2.27. The second-order valence-corrected chi connectivity index (χ2v) is 7.78. The van der Waals surface area contributed by atoms with E-state index in [1.807, 2.05) is 26.0 Å². The first kappa shape index (κ1) is 26.1. The fourth-order valence-corrected chi connectivity index (χ4v) is 3.79. The van der Waals surface area contributed by atoms with E-state index in [0.717, 1.165) is 31.3 Å². The van der Waals surface area contributed by atoms with E-state index in [0.29, 0.717) is 25.3 Å². The van der Waals surface area contributed by atoms with Crippen molar-refractivity contribution in [2.75, 3.05) is 38.0 Å². The SMILES string of the molecule is CCNC(=NCC(c1ccccc1)N1CCCC1)NCCC(=O)Nc1cccc(C)n1.I. The first-order valence-electron chi connectivity index (χ1n) is 11.2. The molecule has 8 heteroatoms. The molecular formula is C24H35IN6O. The van der Waals surface area contributed by atoms with E-state index in [9.17, 15) is 4.79 Å². The Kier molecular flexibility index (Phi) is 11.4. The van der Waals surface area contributed by atoms with Gasteiger partial charge in [-0.1, -0.05) is 36.4 Å². The highest BCUT2D eigenvalue weighted by atomic mass is 127. The molecule has 0 aliphatic carbocycles. The van der Waals surface area contributed by atoms with Crippen LogP contribution in [0.5, 0.6) is 0 Å². The molecule has 1 unspecified atom stereocenters. The normalized spacial score (nSPS) is 15.0. The lowest BCUT2D eigenvalue weighted by atomic mass is 10.1. The highest BCUT2D eigenvalue weighted by Crippen LogP contribution is 2.25. The van der Waals surface area contributed by atoms with Gasteiger partial charge in [0.2, 0.25) is 5.91 Å². The van der Waals surface area contributed by atoms with E-state index < -0.39 is 0 Å². The Morgan fingerprint density at radius 3 is 2.53 bits per heavy atom. The third kappa shape index (κ3) is 8.38. The Morgan fingerprint density at radius 1 is 1.09 bits per heavy atom. The van der Waals surface area contributed by atoms with Crippen molar-refractivity contribution in [2.45, 2.75) is 39.2 Å². The van der Waals surface area contributed by atoms with Crippen LogP contribution in [0.3, 0.4) is 0 Å². The lowest BCUT2D eigenvalue weighted by Crippen LogP contribution is -2.39. The molecule has 1 aromatic heterocycles. The van der Waals surface area contributed by atoms with E-state index >= 15 is 0 Å². The van der Waals surface area contributed by atoms with Crippen molar-refractivity contribution in [1.29, 1.82) is 0 Å². The monoisotopic (exact) mass is 550 g/mol. The Bertz CT molecular complexity index is 855. The molecule has 0 radical (unpaired) electrons. The van der Waals surface area contributed by atoms with Crippen LogP contribution >= 0.6 is 24.0 Å². The summed E-state index contributed by atoms with van der Waals surface area (Å²) in [5.74, 6) is 1.26. The number of anilines is 1. The molecule has 174 valence electrons. The third-order valence-electron chi connectivity index (χ3n) is 5.33. The smallest absolute Gasteiger partial charge is 0.227 e.